The van der Waals surface area contributed by atoms with Crippen molar-refractivity contribution in [1.29, 1.82) is 0 Å². The highest BCUT2D eigenvalue weighted by Gasteiger charge is 2.34. The molecule has 7 heteroatoms. The molecule has 2 aromatic carbocycles. The van der Waals surface area contributed by atoms with Crippen LogP contribution >= 0.6 is 0 Å². The van der Waals surface area contributed by atoms with Crippen LogP contribution in [0.15, 0.2) is 47.6 Å². The number of anilines is 1. The van der Waals surface area contributed by atoms with Crippen molar-refractivity contribution in [3.05, 3.63) is 64.7 Å². The van der Waals surface area contributed by atoms with E-state index in [9.17, 15) is 18.0 Å². The Morgan fingerprint density at radius 1 is 1.27 bits per heavy atom. The average molecular weight is 417 g/mol. The topological polar surface area (TPSA) is 44.7 Å². The van der Waals surface area contributed by atoms with Crippen LogP contribution in [-0.2, 0) is 17.4 Å². The maximum atomic E-state index is 12.8. The van der Waals surface area contributed by atoms with Crippen molar-refractivity contribution in [1.82, 2.24) is 5.43 Å². The number of carbonyl (C=O) groups excluding carboxylic acids is 1. The molecule has 0 radical (unpaired) electrons. The van der Waals surface area contributed by atoms with Gasteiger partial charge in [0.1, 0.15) is 0 Å². The van der Waals surface area contributed by atoms with Gasteiger partial charge in [0.05, 0.1) is 18.2 Å². The van der Waals surface area contributed by atoms with Gasteiger partial charge in [-0.25, -0.2) is 5.43 Å². The Hall–Kier alpha value is -2.83. The number of alkyl halides is 3. The molecule has 1 heterocycles. The molecule has 0 aliphatic carbocycles. The summed E-state index contributed by atoms with van der Waals surface area (Å²) in [6, 6.07) is 10.8. The number of nitrogens with one attached hydrogen (secondary N) is 1. The molecular formula is C23H26F3N3O. The highest BCUT2D eigenvalue weighted by atomic mass is 19.4. The first-order chi connectivity index (χ1) is 14.0. The molecule has 1 aliphatic heterocycles. The third-order valence-electron chi connectivity index (χ3n) is 5.68. The number of fused-ring (bicyclic) bond motifs is 1. The average Bonchev–Trinajstić information content (AvgIpc) is 2.65. The van der Waals surface area contributed by atoms with Crippen molar-refractivity contribution in [3.63, 3.8) is 0 Å². The van der Waals surface area contributed by atoms with Gasteiger partial charge in [0.2, 0.25) is 5.91 Å². The summed E-state index contributed by atoms with van der Waals surface area (Å²) in [5.41, 5.74) is 5.26. The molecule has 0 aromatic heterocycles. The summed E-state index contributed by atoms with van der Waals surface area (Å²) in [4.78, 5) is 14.3. The molecule has 2 aromatic rings. The predicted octanol–water partition coefficient (Wildman–Crippen LogP) is 5.12. The molecule has 0 bridgehead atoms. The molecule has 1 aliphatic rings. The summed E-state index contributed by atoms with van der Waals surface area (Å²) in [5, 5.41) is 3.97. The van der Waals surface area contributed by atoms with E-state index in [2.05, 4.69) is 55.4 Å². The Balaban J connectivity index is 1.65. The lowest BCUT2D eigenvalue weighted by Gasteiger charge is -2.45. The molecule has 3 rings (SSSR count). The van der Waals surface area contributed by atoms with Crippen molar-refractivity contribution in [2.24, 2.45) is 5.10 Å². The summed E-state index contributed by atoms with van der Waals surface area (Å²) in [5.74, 6) is -0.0755. The van der Waals surface area contributed by atoms with Gasteiger partial charge in [-0.05, 0) is 61.1 Å². The monoisotopic (exact) mass is 417 g/mol. The molecule has 4 nitrogen and oxygen atoms in total. The highest BCUT2D eigenvalue weighted by molar-refractivity contribution is 5.84. The quantitative estimate of drug-likeness (QED) is 0.554. The first kappa shape index (κ1) is 21.9. The Bertz CT molecular complexity index is 966. The van der Waals surface area contributed by atoms with E-state index < -0.39 is 17.6 Å². The van der Waals surface area contributed by atoms with Gasteiger partial charge in [-0.2, -0.15) is 18.3 Å². The lowest BCUT2D eigenvalue weighted by Crippen LogP contribution is -2.45. The van der Waals surface area contributed by atoms with E-state index >= 15 is 0 Å². The summed E-state index contributed by atoms with van der Waals surface area (Å²) in [6.07, 6.45) is -2.03. The summed E-state index contributed by atoms with van der Waals surface area (Å²) in [6.45, 7) is 6.65. The molecule has 0 fully saturated rings. The van der Waals surface area contributed by atoms with Crippen LogP contribution < -0.4 is 10.3 Å². The highest BCUT2D eigenvalue weighted by Crippen LogP contribution is 2.42. The zero-order valence-corrected chi connectivity index (χ0v) is 17.5. The van der Waals surface area contributed by atoms with Gasteiger partial charge >= 0.3 is 6.18 Å². The number of hydrogen-bond acceptors (Lipinski definition) is 3. The first-order valence-electron chi connectivity index (χ1n) is 9.83. The molecule has 160 valence electrons. The molecule has 30 heavy (non-hydrogen) atoms. The summed E-state index contributed by atoms with van der Waals surface area (Å²) in [7, 11) is 2.09. The van der Waals surface area contributed by atoms with Gasteiger partial charge in [0.15, 0.2) is 0 Å². The van der Waals surface area contributed by atoms with Gasteiger partial charge in [-0.15, -0.1) is 0 Å². The Kier molecular flexibility index (Phi) is 5.92. The van der Waals surface area contributed by atoms with E-state index in [1.807, 2.05) is 6.07 Å². The number of halogens is 3. The third kappa shape index (κ3) is 4.83. The van der Waals surface area contributed by atoms with Crippen molar-refractivity contribution in [3.8, 4) is 0 Å². The van der Waals surface area contributed by atoms with E-state index in [4.69, 9.17) is 0 Å². The van der Waals surface area contributed by atoms with Crippen LogP contribution in [0.25, 0.3) is 0 Å². The van der Waals surface area contributed by atoms with E-state index in [0.29, 0.717) is 5.92 Å². The second kappa shape index (κ2) is 8.13. The van der Waals surface area contributed by atoms with Gasteiger partial charge < -0.3 is 4.90 Å². The third-order valence-corrected chi connectivity index (χ3v) is 5.68. The van der Waals surface area contributed by atoms with Crippen LogP contribution in [0.2, 0.25) is 0 Å². The number of nitrogens with zero attached hydrogens (tertiary/aromatic N) is 2. The van der Waals surface area contributed by atoms with Crippen molar-refractivity contribution < 1.29 is 18.0 Å². The smallest absolute Gasteiger partial charge is 0.369 e. The normalized spacial score (nSPS) is 18.4. The second-order valence-electron chi connectivity index (χ2n) is 8.46. The van der Waals surface area contributed by atoms with Crippen molar-refractivity contribution in [2.45, 2.75) is 51.2 Å². The Morgan fingerprint density at radius 2 is 2.00 bits per heavy atom. The number of benzene rings is 2. The molecule has 1 amide bonds. The first-order valence-corrected chi connectivity index (χ1v) is 9.83. The molecule has 0 unspecified atom stereocenters. The maximum Gasteiger partial charge on any atom is 0.416 e. The number of amides is 1. The van der Waals surface area contributed by atoms with E-state index in [1.165, 1.54) is 23.4 Å². The number of hydrazone groups is 1. The van der Waals surface area contributed by atoms with E-state index in [0.717, 1.165) is 24.1 Å². The van der Waals surface area contributed by atoms with Crippen LogP contribution in [0.5, 0.6) is 0 Å². The van der Waals surface area contributed by atoms with E-state index in [1.54, 1.807) is 6.21 Å². The van der Waals surface area contributed by atoms with Gasteiger partial charge in [0, 0.05) is 18.3 Å². The predicted molar refractivity (Wildman–Crippen MR) is 113 cm³/mol. The number of carbonyl (C=O) groups is 1. The lowest BCUT2D eigenvalue weighted by atomic mass is 9.80. The Labute approximate surface area is 174 Å². The summed E-state index contributed by atoms with van der Waals surface area (Å²) < 4.78 is 38.3. The maximum absolute atomic E-state index is 12.8. The van der Waals surface area contributed by atoms with Crippen LogP contribution in [0.4, 0.5) is 18.9 Å². The van der Waals surface area contributed by atoms with E-state index in [-0.39, 0.29) is 17.5 Å². The zero-order valence-electron chi connectivity index (χ0n) is 17.5. The number of hydrogen-bond donors (Lipinski definition) is 1. The van der Waals surface area contributed by atoms with Crippen LogP contribution in [0.1, 0.15) is 55.4 Å². The molecular weight excluding hydrogens is 391 g/mol. The zero-order chi connectivity index (χ0) is 22.1. The van der Waals surface area contributed by atoms with Crippen LogP contribution in [0, 0.1) is 0 Å². The summed E-state index contributed by atoms with van der Waals surface area (Å²) >= 11 is 0. The van der Waals surface area contributed by atoms with Gasteiger partial charge in [-0.1, -0.05) is 31.2 Å². The molecule has 1 atom stereocenters. The van der Waals surface area contributed by atoms with Crippen LogP contribution in [-0.4, -0.2) is 24.7 Å². The molecule has 0 saturated heterocycles. The number of rotatable bonds is 4. The minimum atomic E-state index is -4.43. The minimum Gasteiger partial charge on any atom is -0.369 e. The standard InChI is InChI=1S/C23H26F3N3O/c1-15-13-22(2,3)29(4)20-9-8-17(11-19(15)20)14-27-28-21(30)12-16-6-5-7-18(10-16)23(24,25)26/h5-11,14-15H,12-13H2,1-4H3,(H,28,30)/b27-14+/t15-/m0/s1. The molecule has 1 N–H and O–H groups in total. The van der Waals surface area contributed by atoms with Gasteiger partial charge in [0.25, 0.3) is 0 Å². The fraction of sp³-hybridized carbons (Fsp3) is 0.391. The van der Waals surface area contributed by atoms with Crippen molar-refractivity contribution >= 4 is 17.8 Å². The van der Waals surface area contributed by atoms with Crippen LogP contribution in [0.3, 0.4) is 0 Å². The minimum absolute atomic E-state index is 0.0828. The molecule has 0 saturated carbocycles. The second-order valence-corrected chi connectivity index (χ2v) is 8.46. The lowest BCUT2D eigenvalue weighted by molar-refractivity contribution is -0.137. The fourth-order valence-corrected chi connectivity index (χ4v) is 3.94. The largest absolute Gasteiger partial charge is 0.416 e. The Morgan fingerprint density at radius 3 is 2.70 bits per heavy atom. The SMILES string of the molecule is C[C@H]1CC(C)(C)N(C)c2ccc(/C=N/NC(=O)Cc3cccc(C(F)(F)F)c3)cc21. The van der Waals surface area contributed by atoms with Crippen molar-refractivity contribution in [2.75, 3.05) is 11.9 Å². The molecule has 0 spiro atoms. The van der Waals surface area contributed by atoms with Gasteiger partial charge in [-0.3, -0.25) is 4.79 Å². The fourth-order valence-electron chi connectivity index (χ4n) is 3.94.